The third-order valence-corrected chi connectivity index (χ3v) is 3.03. The van der Waals surface area contributed by atoms with Crippen molar-refractivity contribution in [3.05, 3.63) is 11.1 Å². The fourth-order valence-electron chi connectivity index (χ4n) is 1.48. The Labute approximate surface area is 105 Å². The van der Waals surface area contributed by atoms with Gasteiger partial charge in [-0.25, -0.2) is 9.78 Å². The number of carbonyl (C=O) groups excluding carboxylic acids is 1. The number of aromatic nitrogens is 1. The topological polar surface area (TPSA) is 74.2 Å². The minimum atomic E-state index is -0.320. The van der Waals surface area contributed by atoms with Crippen molar-refractivity contribution in [3.8, 4) is 0 Å². The van der Waals surface area contributed by atoms with Gasteiger partial charge in [-0.3, -0.25) is 5.32 Å². The van der Waals surface area contributed by atoms with Crippen LogP contribution >= 0.6 is 11.3 Å². The molecule has 0 spiro atoms. The van der Waals surface area contributed by atoms with Gasteiger partial charge in [-0.15, -0.1) is 11.3 Å². The molecule has 96 valence electrons. The first kappa shape index (κ1) is 13.9. The van der Waals surface area contributed by atoms with Gasteiger partial charge in [-0.2, -0.15) is 0 Å². The molecule has 5 nitrogen and oxygen atoms in total. The number of anilines is 1. The number of nitrogens with zero attached hydrogens (tertiary/aromatic N) is 1. The maximum absolute atomic E-state index is 11.6. The molecule has 2 amide bonds. The lowest BCUT2D eigenvalue weighted by molar-refractivity contribution is 0.214. The van der Waals surface area contributed by atoms with E-state index in [1.165, 1.54) is 11.3 Å². The van der Waals surface area contributed by atoms with Gasteiger partial charge >= 0.3 is 6.03 Å². The van der Waals surface area contributed by atoms with Gasteiger partial charge in [0.05, 0.1) is 18.3 Å². The molecule has 0 bridgehead atoms. The fraction of sp³-hybridized carbons (Fsp3) is 0.636. The summed E-state index contributed by atoms with van der Waals surface area (Å²) in [6, 6.07) is -0.532. The van der Waals surface area contributed by atoms with Crippen LogP contribution in [-0.4, -0.2) is 28.8 Å². The zero-order valence-corrected chi connectivity index (χ0v) is 11.2. The molecule has 6 heteroatoms. The molecular formula is C11H19N3O2S. The van der Waals surface area contributed by atoms with Gasteiger partial charge in [0, 0.05) is 5.38 Å². The standard InChI is InChI=1S/C11H19N3O2S/c1-7(2)4-9(5-15)13-10(16)14-11-12-8(3)6-17-11/h6-7,9,15H,4-5H2,1-3H3,(H2,12,13,14,16)/t9-/m1/s1. The number of rotatable bonds is 5. The molecule has 1 heterocycles. The summed E-state index contributed by atoms with van der Waals surface area (Å²) in [5.74, 6) is 0.426. The molecule has 0 aliphatic rings. The van der Waals surface area contributed by atoms with Crippen LogP contribution in [0.4, 0.5) is 9.93 Å². The predicted octanol–water partition coefficient (Wildman–Crippen LogP) is 1.98. The van der Waals surface area contributed by atoms with Crippen molar-refractivity contribution in [2.75, 3.05) is 11.9 Å². The van der Waals surface area contributed by atoms with E-state index in [-0.39, 0.29) is 18.7 Å². The highest BCUT2D eigenvalue weighted by Crippen LogP contribution is 2.14. The summed E-state index contributed by atoms with van der Waals surface area (Å²) in [6.07, 6.45) is 0.751. The number of nitrogens with one attached hydrogen (secondary N) is 2. The first-order chi connectivity index (χ1) is 8.01. The maximum Gasteiger partial charge on any atom is 0.321 e. The molecule has 0 radical (unpaired) electrons. The van der Waals surface area contributed by atoms with Crippen molar-refractivity contribution >= 4 is 22.5 Å². The van der Waals surface area contributed by atoms with Gasteiger partial charge in [0.2, 0.25) is 0 Å². The van der Waals surface area contributed by atoms with E-state index in [4.69, 9.17) is 5.11 Å². The molecule has 1 aromatic heterocycles. The van der Waals surface area contributed by atoms with Gasteiger partial charge in [0.25, 0.3) is 0 Å². The van der Waals surface area contributed by atoms with Crippen LogP contribution in [0.15, 0.2) is 5.38 Å². The Balaban J connectivity index is 2.42. The van der Waals surface area contributed by atoms with Crippen LogP contribution in [0.25, 0.3) is 0 Å². The van der Waals surface area contributed by atoms with Crippen molar-refractivity contribution in [2.45, 2.75) is 33.2 Å². The SMILES string of the molecule is Cc1csc(NC(=O)N[C@@H](CO)CC(C)C)n1. The number of carbonyl (C=O) groups is 1. The molecule has 0 saturated heterocycles. The van der Waals surface area contributed by atoms with Gasteiger partial charge < -0.3 is 10.4 Å². The number of aliphatic hydroxyl groups is 1. The fourth-order valence-corrected chi connectivity index (χ4v) is 2.16. The predicted molar refractivity (Wildman–Crippen MR) is 69.3 cm³/mol. The second-order valence-corrected chi connectivity index (χ2v) is 5.26. The normalized spacial score (nSPS) is 12.5. The van der Waals surface area contributed by atoms with Crippen molar-refractivity contribution < 1.29 is 9.90 Å². The van der Waals surface area contributed by atoms with Crippen LogP contribution < -0.4 is 10.6 Å². The van der Waals surface area contributed by atoms with Crippen LogP contribution in [0.5, 0.6) is 0 Å². The molecule has 1 atom stereocenters. The lowest BCUT2D eigenvalue weighted by Crippen LogP contribution is -2.40. The number of urea groups is 1. The average Bonchev–Trinajstić information content (AvgIpc) is 2.62. The zero-order valence-electron chi connectivity index (χ0n) is 10.4. The molecule has 0 fully saturated rings. The number of aryl methyl sites for hydroxylation is 1. The lowest BCUT2D eigenvalue weighted by Gasteiger charge is -2.17. The molecular weight excluding hydrogens is 238 g/mol. The Bertz CT molecular complexity index is 365. The molecule has 0 aliphatic heterocycles. The van der Waals surface area contributed by atoms with Gasteiger partial charge in [0.15, 0.2) is 5.13 Å². The molecule has 0 unspecified atom stereocenters. The van der Waals surface area contributed by atoms with Crippen LogP contribution in [-0.2, 0) is 0 Å². The summed E-state index contributed by atoms with van der Waals surface area (Å²) in [5, 5.41) is 16.9. The summed E-state index contributed by atoms with van der Waals surface area (Å²) >= 11 is 1.38. The number of aliphatic hydroxyl groups excluding tert-OH is 1. The Hall–Kier alpha value is -1.14. The molecule has 1 aromatic rings. The first-order valence-corrected chi connectivity index (χ1v) is 6.49. The Kier molecular flexibility index (Phi) is 5.37. The van der Waals surface area contributed by atoms with E-state index >= 15 is 0 Å². The number of hydrogen-bond acceptors (Lipinski definition) is 4. The molecule has 3 N–H and O–H groups in total. The third-order valence-electron chi connectivity index (χ3n) is 2.15. The van der Waals surface area contributed by atoms with E-state index in [9.17, 15) is 4.79 Å². The van der Waals surface area contributed by atoms with E-state index in [1.807, 2.05) is 26.2 Å². The smallest absolute Gasteiger partial charge is 0.321 e. The second kappa shape index (κ2) is 6.56. The van der Waals surface area contributed by atoms with Crippen LogP contribution in [0.1, 0.15) is 26.0 Å². The van der Waals surface area contributed by atoms with Crippen molar-refractivity contribution in [2.24, 2.45) is 5.92 Å². The molecule has 17 heavy (non-hydrogen) atoms. The largest absolute Gasteiger partial charge is 0.394 e. The van der Waals surface area contributed by atoms with E-state index in [2.05, 4.69) is 15.6 Å². The maximum atomic E-state index is 11.6. The zero-order chi connectivity index (χ0) is 12.8. The highest BCUT2D eigenvalue weighted by atomic mass is 32.1. The van der Waals surface area contributed by atoms with Crippen LogP contribution in [0.2, 0.25) is 0 Å². The van der Waals surface area contributed by atoms with Crippen LogP contribution in [0, 0.1) is 12.8 Å². The number of thiazole rings is 1. The van der Waals surface area contributed by atoms with Crippen molar-refractivity contribution in [3.63, 3.8) is 0 Å². The van der Waals surface area contributed by atoms with Crippen LogP contribution in [0.3, 0.4) is 0 Å². The molecule has 0 aliphatic carbocycles. The monoisotopic (exact) mass is 257 g/mol. The number of amides is 2. The summed E-state index contributed by atoms with van der Waals surface area (Å²) in [7, 11) is 0. The van der Waals surface area contributed by atoms with Gasteiger partial charge in [0.1, 0.15) is 0 Å². The highest BCUT2D eigenvalue weighted by Gasteiger charge is 2.13. The lowest BCUT2D eigenvalue weighted by atomic mass is 10.0. The quantitative estimate of drug-likeness (QED) is 0.755. The Morgan fingerprint density at radius 1 is 1.59 bits per heavy atom. The third kappa shape index (κ3) is 5.14. The van der Waals surface area contributed by atoms with Gasteiger partial charge in [-0.05, 0) is 19.3 Å². The molecule has 0 aromatic carbocycles. The first-order valence-electron chi connectivity index (χ1n) is 5.61. The number of hydrogen-bond donors (Lipinski definition) is 3. The Morgan fingerprint density at radius 2 is 2.29 bits per heavy atom. The van der Waals surface area contributed by atoms with E-state index in [0.29, 0.717) is 11.0 Å². The molecule has 0 saturated carbocycles. The van der Waals surface area contributed by atoms with E-state index in [0.717, 1.165) is 12.1 Å². The van der Waals surface area contributed by atoms with Crippen molar-refractivity contribution in [1.82, 2.24) is 10.3 Å². The van der Waals surface area contributed by atoms with Crippen molar-refractivity contribution in [1.29, 1.82) is 0 Å². The Morgan fingerprint density at radius 3 is 2.76 bits per heavy atom. The van der Waals surface area contributed by atoms with E-state index in [1.54, 1.807) is 0 Å². The summed E-state index contributed by atoms with van der Waals surface area (Å²) in [6.45, 7) is 5.91. The highest BCUT2D eigenvalue weighted by molar-refractivity contribution is 7.13. The summed E-state index contributed by atoms with van der Waals surface area (Å²) < 4.78 is 0. The van der Waals surface area contributed by atoms with E-state index < -0.39 is 0 Å². The summed E-state index contributed by atoms with van der Waals surface area (Å²) in [5.41, 5.74) is 0.881. The minimum Gasteiger partial charge on any atom is -0.394 e. The minimum absolute atomic E-state index is 0.0531. The average molecular weight is 257 g/mol. The molecule has 1 rings (SSSR count). The summed E-state index contributed by atoms with van der Waals surface area (Å²) in [4.78, 5) is 15.7. The van der Waals surface area contributed by atoms with Gasteiger partial charge in [-0.1, -0.05) is 13.8 Å². The second-order valence-electron chi connectivity index (χ2n) is 4.40.